The van der Waals surface area contributed by atoms with Crippen molar-refractivity contribution in [2.24, 2.45) is 0 Å². The van der Waals surface area contributed by atoms with Crippen LogP contribution in [0.5, 0.6) is 0 Å². The molecule has 0 saturated carbocycles. The molecule has 0 radical (unpaired) electrons. The molecular formula is C7H14F3NO4S. The Balaban J connectivity index is 0.000000281. The van der Waals surface area contributed by atoms with Crippen LogP contribution in [-0.4, -0.2) is 63.4 Å². The molecule has 0 amide bonds. The molecule has 1 heterocycles. The Kier molecular flexibility index (Phi) is 5.17. The zero-order chi connectivity index (χ0) is 13.0. The topological polar surface area (TPSA) is 66.4 Å². The lowest BCUT2D eigenvalue weighted by Crippen LogP contribution is -2.48. The molecule has 0 bridgehead atoms. The van der Waals surface area contributed by atoms with Crippen LogP contribution in [-0.2, 0) is 14.9 Å². The normalized spacial score (nSPS) is 20.9. The molecule has 16 heavy (non-hydrogen) atoms. The van der Waals surface area contributed by atoms with Crippen LogP contribution in [0.4, 0.5) is 13.2 Å². The third-order valence-corrected chi connectivity index (χ3v) is 2.53. The van der Waals surface area contributed by atoms with Crippen molar-refractivity contribution in [2.75, 3.05) is 40.4 Å². The van der Waals surface area contributed by atoms with E-state index in [0.717, 1.165) is 17.7 Å². The van der Waals surface area contributed by atoms with E-state index in [0.29, 0.717) is 0 Å². The molecule has 1 rings (SSSR count). The van der Waals surface area contributed by atoms with Crippen LogP contribution in [0.3, 0.4) is 0 Å². The molecule has 0 aromatic carbocycles. The Bertz CT molecular complexity index is 304. The maximum Gasteiger partial charge on any atom is 0.485 e. The van der Waals surface area contributed by atoms with E-state index >= 15 is 0 Å². The van der Waals surface area contributed by atoms with Crippen LogP contribution >= 0.6 is 0 Å². The van der Waals surface area contributed by atoms with Crippen molar-refractivity contribution < 1.29 is 35.4 Å². The lowest BCUT2D eigenvalue weighted by molar-refractivity contribution is -0.898. The summed E-state index contributed by atoms with van der Waals surface area (Å²) in [5.74, 6) is 0. The zero-order valence-corrected chi connectivity index (χ0v) is 9.77. The summed E-state index contributed by atoms with van der Waals surface area (Å²) >= 11 is 0. The second-order valence-electron chi connectivity index (χ2n) is 3.90. The first-order valence-corrected chi connectivity index (χ1v) is 5.78. The van der Waals surface area contributed by atoms with E-state index in [4.69, 9.17) is 17.7 Å². The predicted molar refractivity (Wildman–Crippen MR) is 48.4 cm³/mol. The molecule has 1 aliphatic rings. The van der Waals surface area contributed by atoms with Crippen LogP contribution in [0.25, 0.3) is 0 Å². The maximum atomic E-state index is 10.7. The summed E-state index contributed by atoms with van der Waals surface area (Å²) in [6.45, 7) is 4.21. The van der Waals surface area contributed by atoms with Crippen LogP contribution < -0.4 is 0 Å². The van der Waals surface area contributed by atoms with Gasteiger partial charge in [0.1, 0.15) is 13.1 Å². The Morgan fingerprint density at radius 2 is 1.50 bits per heavy atom. The molecule has 1 fully saturated rings. The fourth-order valence-electron chi connectivity index (χ4n) is 0.837. The molecule has 0 N–H and O–H groups in total. The number of likely N-dealkylation sites (N-methyl/N-ethyl adjacent to an activating group) is 1. The number of hydrogen-bond donors (Lipinski definition) is 0. The fourth-order valence-corrected chi connectivity index (χ4v) is 0.837. The Morgan fingerprint density at radius 1 is 1.19 bits per heavy atom. The summed E-state index contributed by atoms with van der Waals surface area (Å²) in [6, 6.07) is 0. The fraction of sp³-hybridized carbons (Fsp3) is 1.00. The van der Waals surface area contributed by atoms with Gasteiger partial charge < -0.3 is 13.8 Å². The highest BCUT2D eigenvalue weighted by Gasteiger charge is 2.36. The van der Waals surface area contributed by atoms with Crippen molar-refractivity contribution in [3.05, 3.63) is 0 Å². The van der Waals surface area contributed by atoms with E-state index in [1.165, 1.54) is 13.1 Å². The number of halogens is 3. The molecule has 98 valence electrons. The van der Waals surface area contributed by atoms with Gasteiger partial charge in [-0.3, -0.25) is 0 Å². The first-order chi connectivity index (χ1) is 6.96. The minimum atomic E-state index is -6.09. The molecule has 0 aliphatic carbocycles. The molecule has 5 nitrogen and oxygen atoms in total. The van der Waals surface area contributed by atoms with Gasteiger partial charge in [0.15, 0.2) is 10.1 Å². The molecular weight excluding hydrogens is 251 g/mol. The average Bonchev–Trinajstić information content (AvgIpc) is 2.00. The van der Waals surface area contributed by atoms with Gasteiger partial charge in [0.25, 0.3) is 0 Å². The summed E-state index contributed by atoms with van der Waals surface area (Å²) in [5.41, 5.74) is -5.65. The van der Waals surface area contributed by atoms with E-state index in [2.05, 4.69) is 14.1 Å². The van der Waals surface area contributed by atoms with Crippen LogP contribution in [0.2, 0.25) is 0 Å². The molecule has 1 saturated heterocycles. The van der Waals surface area contributed by atoms with Gasteiger partial charge in [-0.25, -0.2) is 8.42 Å². The number of quaternary nitrogens is 1. The summed E-state index contributed by atoms with van der Waals surface area (Å²) in [4.78, 5) is 0. The summed E-state index contributed by atoms with van der Waals surface area (Å²) in [6.07, 6.45) is 0. The molecule has 0 aromatic rings. The summed E-state index contributed by atoms with van der Waals surface area (Å²) < 4.78 is 65.2. The van der Waals surface area contributed by atoms with Crippen molar-refractivity contribution in [3.8, 4) is 0 Å². The van der Waals surface area contributed by atoms with E-state index in [1.807, 2.05) is 0 Å². The van der Waals surface area contributed by atoms with Crippen molar-refractivity contribution in [1.29, 1.82) is 0 Å². The molecule has 1 aliphatic heterocycles. The molecule has 9 heteroatoms. The smallest absolute Gasteiger partial charge is 0.485 e. The molecule has 0 aromatic heterocycles. The van der Waals surface area contributed by atoms with Crippen molar-refractivity contribution >= 4 is 10.1 Å². The summed E-state index contributed by atoms with van der Waals surface area (Å²) in [5, 5.41) is 0. The van der Waals surface area contributed by atoms with Crippen LogP contribution in [0, 0.1) is 0 Å². The minimum absolute atomic E-state index is 0.938. The number of nitrogens with zero attached hydrogens (tertiary/aromatic N) is 1. The lowest BCUT2D eigenvalue weighted by atomic mass is 10.4. The van der Waals surface area contributed by atoms with Gasteiger partial charge in [-0.2, -0.15) is 13.2 Å². The number of rotatable bonds is 0. The van der Waals surface area contributed by atoms with Gasteiger partial charge in [0.05, 0.1) is 27.3 Å². The van der Waals surface area contributed by atoms with Gasteiger partial charge >= 0.3 is 5.51 Å². The number of ether oxygens (including phenoxy) is 1. The van der Waals surface area contributed by atoms with E-state index in [-0.39, 0.29) is 0 Å². The third-order valence-electron chi connectivity index (χ3n) is 1.97. The van der Waals surface area contributed by atoms with Crippen molar-refractivity contribution in [1.82, 2.24) is 0 Å². The largest absolute Gasteiger partial charge is 0.741 e. The monoisotopic (exact) mass is 265 g/mol. The number of hydrogen-bond acceptors (Lipinski definition) is 4. The average molecular weight is 265 g/mol. The maximum absolute atomic E-state index is 10.7. The quantitative estimate of drug-likeness (QED) is 0.355. The predicted octanol–water partition coefficient (Wildman–Crippen LogP) is 0.144. The van der Waals surface area contributed by atoms with Crippen LogP contribution in [0.1, 0.15) is 0 Å². The highest BCUT2D eigenvalue weighted by Crippen LogP contribution is 2.20. The van der Waals surface area contributed by atoms with Crippen molar-refractivity contribution in [2.45, 2.75) is 5.51 Å². The molecule has 0 spiro atoms. The first kappa shape index (κ1) is 15.6. The molecule has 0 atom stereocenters. The van der Waals surface area contributed by atoms with Gasteiger partial charge in [0, 0.05) is 0 Å². The Morgan fingerprint density at radius 3 is 1.62 bits per heavy atom. The van der Waals surface area contributed by atoms with Crippen LogP contribution in [0.15, 0.2) is 0 Å². The van der Waals surface area contributed by atoms with Gasteiger partial charge in [0.2, 0.25) is 0 Å². The van der Waals surface area contributed by atoms with E-state index in [1.54, 1.807) is 0 Å². The number of alkyl halides is 3. The zero-order valence-electron chi connectivity index (χ0n) is 8.95. The summed E-state index contributed by atoms with van der Waals surface area (Å²) in [7, 11) is -1.61. The minimum Gasteiger partial charge on any atom is -0.741 e. The SMILES string of the molecule is C[N+]1(C)CCOCC1.O=S(=O)([O-])C(F)(F)F. The first-order valence-electron chi connectivity index (χ1n) is 4.38. The van der Waals surface area contributed by atoms with Crippen molar-refractivity contribution in [3.63, 3.8) is 0 Å². The third kappa shape index (κ3) is 6.26. The highest BCUT2D eigenvalue weighted by atomic mass is 32.2. The second-order valence-corrected chi connectivity index (χ2v) is 5.27. The molecule has 0 unspecified atom stereocenters. The van der Waals surface area contributed by atoms with Gasteiger partial charge in [-0.15, -0.1) is 0 Å². The number of morpholine rings is 1. The standard InChI is InChI=1S/C6H14NO.CHF3O3S/c1-7(2)3-5-8-6-4-7;2-1(3,4)8(5,6)7/h3-6H2,1-2H3;(H,5,6,7)/q+1;/p-1. The lowest BCUT2D eigenvalue weighted by Gasteiger charge is -2.33. The second kappa shape index (κ2) is 5.30. The Labute approximate surface area is 92.1 Å². The van der Waals surface area contributed by atoms with Gasteiger partial charge in [-0.05, 0) is 0 Å². The van der Waals surface area contributed by atoms with E-state index in [9.17, 15) is 13.2 Å². The highest BCUT2D eigenvalue weighted by molar-refractivity contribution is 7.86. The van der Waals surface area contributed by atoms with Gasteiger partial charge in [-0.1, -0.05) is 0 Å². The Hall–Kier alpha value is -0.380. The van der Waals surface area contributed by atoms with E-state index < -0.39 is 15.6 Å².